The zero-order valence-electron chi connectivity index (χ0n) is 28.0. The lowest BCUT2D eigenvalue weighted by Gasteiger charge is -2.20. The Labute approximate surface area is 276 Å². The van der Waals surface area contributed by atoms with Crippen LogP contribution in [0.2, 0.25) is 0 Å². The Morgan fingerprint density at radius 1 is 1.02 bits per heavy atom. The fourth-order valence-electron chi connectivity index (χ4n) is 5.47. The lowest BCUT2D eigenvalue weighted by molar-refractivity contribution is -0.137. The van der Waals surface area contributed by atoms with Gasteiger partial charge in [-0.2, -0.15) is 4.98 Å². The minimum absolute atomic E-state index is 0.0403. The van der Waals surface area contributed by atoms with Crippen LogP contribution in [0.1, 0.15) is 107 Å². The van der Waals surface area contributed by atoms with Crippen LogP contribution in [0.4, 0.5) is 0 Å². The molecule has 11 nitrogen and oxygen atoms in total. The van der Waals surface area contributed by atoms with Gasteiger partial charge in [0, 0.05) is 30.9 Å². The summed E-state index contributed by atoms with van der Waals surface area (Å²) in [6.45, 7) is 9.98. The summed E-state index contributed by atoms with van der Waals surface area (Å²) in [6, 6.07) is 6.38. The van der Waals surface area contributed by atoms with Gasteiger partial charge in [0.15, 0.2) is 11.6 Å². The third-order valence-electron chi connectivity index (χ3n) is 8.33. The zero-order chi connectivity index (χ0) is 34.0. The highest BCUT2D eigenvalue weighted by atomic mass is 16.5. The summed E-state index contributed by atoms with van der Waals surface area (Å²) in [4.78, 5) is 50.6. The maximum absolute atomic E-state index is 13.1. The minimum atomic E-state index is -1.02. The van der Waals surface area contributed by atoms with Crippen molar-refractivity contribution < 1.29 is 24.0 Å². The van der Waals surface area contributed by atoms with E-state index >= 15 is 0 Å². The largest absolute Gasteiger partial charge is 0.481 e. The highest BCUT2D eigenvalue weighted by Gasteiger charge is 2.23. The van der Waals surface area contributed by atoms with Gasteiger partial charge in [-0.3, -0.25) is 14.4 Å². The first kappa shape index (κ1) is 35.2. The van der Waals surface area contributed by atoms with Gasteiger partial charge < -0.3 is 20.3 Å². The summed E-state index contributed by atoms with van der Waals surface area (Å²) in [5, 5.41) is 18.6. The summed E-state index contributed by atoms with van der Waals surface area (Å²) in [5.41, 5.74) is 3.72. The summed E-state index contributed by atoms with van der Waals surface area (Å²) in [6.07, 6.45) is 14.1. The number of aromatic nitrogens is 4. The van der Waals surface area contributed by atoms with E-state index in [4.69, 9.17) is 9.63 Å². The number of rotatable bonds is 13. The van der Waals surface area contributed by atoms with E-state index in [-0.39, 0.29) is 30.7 Å². The third kappa shape index (κ3) is 10.7. The minimum Gasteiger partial charge on any atom is -0.481 e. The highest BCUT2D eigenvalue weighted by molar-refractivity contribution is 5.97. The van der Waals surface area contributed by atoms with Crippen molar-refractivity contribution in [2.45, 2.75) is 97.4 Å². The fourth-order valence-corrected chi connectivity index (χ4v) is 5.47. The number of hydrogen-bond acceptors (Lipinski definition) is 8. The number of aliphatic carboxylic acids is 1. The second-order valence-electron chi connectivity index (χ2n) is 13.4. The van der Waals surface area contributed by atoms with Gasteiger partial charge in [-0.25, -0.2) is 9.97 Å². The van der Waals surface area contributed by atoms with E-state index in [0.717, 1.165) is 29.0 Å². The standard InChI is InChI=1S/C36H46N6O5/c1-23(19-29(34(46)37-18-17-31(43)44)40-33(45)26-13-15-28(16-14-26)36(3,4)5)11-12-24(2)32-38-21-27(22-39-32)35-41-30(42-47-35)20-25-9-7-6-8-10-25/h11-16,21-22,25,29H,6-10,17-20H2,1-5H3,(H,37,46)(H,40,45)(H,43,44)/b23-11+,24-12+/t29-/m0/s1. The number of allylic oxidation sites excluding steroid dienone is 3. The molecular formula is C36H46N6O5. The van der Waals surface area contributed by atoms with Crippen molar-refractivity contribution in [2.75, 3.05) is 6.54 Å². The zero-order valence-corrected chi connectivity index (χ0v) is 28.0. The maximum Gasteiger partial charge on any atom is 0.305 e. The Kier molecular flexibility index (Phi) is 12.2. The van der Waals surface area contributed by atoms with Gasteiger partial charge >= 0.3 is 5.97 Å². The van der Waals surface area contributed by atoms with Crippen LogP contribution in [0.25, 0.3) is 17.0 Å². The molecule has 1 aromatic carbocycles. The number of nitrogens with one attached hydrogen (secondary N) is 2. The summed E-state index contributed by atoms with van der Waals surface area (Å²) >= 11 is 0. The number of benzene rings is 1. The van der Waals surface area contributed by atoms with Crippen LogP contribution >= 0.6 is 0 Å². The predicted molar refractivity (Wildman–Crippen MR) is 179 cm³/mol. The quantitative estimate of drug-likeness (QED) is 0.188. The predicted octanol–water partition coefficient (Wildman–Crippen LogP) is 6.08. The van der Waals surface area contributed by atoms with Gasteiger partial charge in [0.05, 0.1) is 12.0 Å². The van der Waals surface area contributed by atoms with Crippen molar-refractivity contribution in [1.29, 1.82) is 0 Å². The van der Waals surface area contributed by atoms with Crippen LogP contribution in [0, 0.1) is 5.92 Å². The molecule has 3 N–H and O–H groups in total. The number of nitrogens with zero attached hydrogens (tertiary/aromatic N) is 4. The molecule has 47 heavy (non-hydrogen) atoms. The van der Waals surface area contributed by atoms with Crippen molar-refractivity contribution in [2.24, 2.45) is 5.92 Å². The lowest BCUT2D eigenvalue weighted by atomic mass is 9.86. The van der Waals surface area contributed by atoms with E-state index in [0.29, 0.717) is 28.8 Å². The molecule has 2 aromatic heterocycles. The van der Waals surface area contributed by atoms with Crippen LogP contribution in [0.5, 0.6) is 0 Å². The number of carbonyl (C=O) groups excluding carboxylic acids is 2. The molecule has 0 aliphatic heterocycles. The molecule has 4 rings (SSSR count). The van der Waals surface area contributed by atoms with E-state index in [1.54, 1.807) is 24.5 Å². The molecule has 1 saturated carbocycles. The molecule has 0 spiro atoms. The van der Waals surface area contributed by atoms with Crippen molar-refractivity contribution >= 4 is 23.4 Å². The molecule has 11 heteroatoms. The average molecular weight is 643 g/mol. The lowest BCUT2D eigenvalue weighted by Crippen LogP contribution is -2.47. The summed E-state index contributed by atoms with van der Waals surface area (Å²) < 4.78 is 5.48. The Morgan fingerprint density at radius 3 is 2.34 bits per heavy atom. The first-order chi connectivity index (χ1) is 22.4. The average Bonchev–Trinajstić information content (AvgIpc) is 3.51. The van der Waals surface area contributed by atoms with Gasteiger partial charge in [0.2, 0.25) is 5.91 Å². The monoisotopic (exact) mass is 642 g/mol. The first-order valence-corrected chi connectivity index (χ1v) is 16.3. The summed E-state index contributed by atoms with van der Waals surface area (Å²) in [7, 11) is 0. The maximum atomic E-state index is 13.1. The number of carbonyl (C=O) groups is 3. The van der Waals surface area contributed by atoms with Gasteiger partial charge in [0.1, 0.15) is 6.04 Å². The molecule has 0 unspecified atom stereocenters. The fraction of sp³-hybridized carbons (Fsp3) is 0.472. The van der Waals surface area contributed by atoms with Crippen LogP contribution < -0.4 is 10.6 Å². The van der Waals surface area contributed by atoms with Crippen LogP contribution in [-0.2, 0) is 21.4 Å². The van der Waals surface area contributed by atoms with Crippen molar-refractivity contribution in [3.63, 3.8) is 0 Å². The molecule has 250 valence electrons. The smallest absolute Gasteiger partial charge is 0.305 e. The topological polar surface area (TPSA) is 160 Å². The number of carboxylic acids is 1. The van der Waals surface area contributed by atoms with E-state index in [1.807, 2.05) is 38.1 Å². The molecular weight excluding hydrogens is 596 g/mol. The van der Waals surface area contributed by atoms with Gasteiger partial charge in [-0.05, 0) is 54.9 Å². The Hall–Kier alpha value is -4.67. The van der Waals surface area contributed by atoms with Gasteiger partial charge in [-0.1, -0.05) is 87.9 Å². The molecule has 2 amide bonds. The van der Waals surface area contributed by atoms with Gasteiger partial charge in [0.25, 0.3) is 11.8 Å². The Morgan fingerprint density at radius 2 is 1.70 bits per heavy atom. The number of amides is 2. The molecule has 0 radical (unpaired) electrons. The van der Waals surface area contributed by atoms with Crippen molar-refractivity contribution in [1.82, 2.24) is 30.7 Å². The molecule has 0 bridgehead atoms. The molecule has 3 aromatic rings. The molecule has 1 atom stereocenters. The van der Waals surface area contributed by atoms with Crippen LogP contribution in [0.15, 0.2) is 58.9 Å². The normalized spacial score (nSPS) is 15.3. The van der Waals surface area contributed by atoms with Crippen LogP contribution in [0.3, 0.4) is 0 Å². The van der Waals surface area contributed by atoms with E-state index in [2.05, 4.69) is 51.5 Å². The van der Waals surface area contributed by atoms with Crippen molar-refractivity contribution in [3.8, 4) is 11.5 Å². The second-order valence-corrected chi connectivity index (χ2v) is 13.4. The highest BCUT2D eigenvalue weighted by Crippen LogP contribution is 2.27. The SMILES string of the molecule is C/C(=C\C=C(/C)c1ncc(-c2nc(CC3CCCCC3)no2)cn1)C[C@H](NC(=O)c1ccc(C(C)(C)C)cc1)C(=O)NCCC(=O)O. The molecule has 0 saturated heterocycles. The van der Waals surface area contributed by atoms with E-state index < -0.39 is 17.9 Å². The molecule has 1 fully saturated rings. The third-order valence-corrected chi connectivity index (χ3v) is 8.33. The van der Waals surface area contributed by atoms with E-state index in [9.17, 15) is 14.4 Å². The number of hydrogen-bond donors (Lipinski definition) is 3. The summed E-state index contributed by atoms with van der Waals surface area (Å²) in [5.74, 6) is 0.389. The Bertz CT molecular complexity index is 1580. The second kappa shape index (κ2) is 16.2. The van der Waals surface area contributed by atoms with E-state index in [1.165, 1.54) is 32.1 Å². The van der Waals surface area contributed by atoms with Crippen molar-refractivity contribution in [3.05, 3.63) is 77.2 Å². The van der Waals surface area contributed by atoms with Crippen LogP contribution in [-0.4, -0.2) is 55.6 Å². The molecule has 1 aliphatic rings. The molecule has 1 aliphatic carbocycles. The number of carboxylic acid groups (broad SMARTS) is 1. The Balaban J connectivity index is 1.40. The van der Waals surface area contributed by atoms with Gasteiger partial charge in [-0.15, -0.1) is 0 Å². The molecule has 2 heterocycles. The first-order valence-electron chi connectivity index (χ1n) is 16.3.